The molecule has 120 valence electrons. The van der Waals surface area contributed by atoms with E-state index in [4.69, 9.17) is 9.47 Å². The third-order valence-corrected chi connectivity index (χ3v) is 3.53. The molecule has 2 N–H and O–H groups in total. The van der Waals surface area contributed by atoms with E-state index in [0.717, 1.165) is 34.7 Å². The summed E-state index contributed by atoms with van der Waals surface area (Å²) in [6.45, 7) is 4.62. The van der Waals surface area contributed by atoms with E-state index in [0.29, 0.717) is 6.42 Å². The van der Waals surface area contributed by atoms with Crippen LogP contribution in [0.25, 0.3) is 5.57 Å². The van der Waals surface area contributed by atoms with Gasteiger partial charge in [-0.05, 0) is 32.5 Å². The molecule has 0 fully saturated rings. The lowest BCUT2D eigenvalue weighted by Crippen LogP contribution is -2.20. The molecule has 0 saturated heterocycles. The van der Waals surface area contributed by atoms with E-state index < -0.39 is 6.10 Å². The molecule has 0 spiro atoms. The molecule has 2 rings (SSSR count). The molecule has 4 nitrogen and oxygen atoms in total. The summed E-state index contributed by atoms with van der Waals surface area (Å²) in [6.07, 6.45) is 10.2. The zero-order chi connectivity index (χ0) is 16.7. The minimum absolute atomic E-state index is 0.117. The Labute approximate surface area is 133 Å². The van der Waals surface area contributed by atoms with Gasteiger partial charge in [-0.2, -0.15) is 0 Å². The zero-order valence-corrected chi connectivity index (χ0v) is 13.7. The third kappa shape index (κ3) is 3.82. The first-order valence-electron chi connectivity index (χ1n) is 7.29. The number of likely N-dealkylation sites (N-methyl/N-ethyl adjacent to an activating group) is 1. The van der Waals surface area contributed by atoms with Gasteiger partial charge in [0, 0.05) is 24.1 Å². The largest absolute Gasteiger partial charge is 0.493 e. The van der Waals surface area contributed by atoms with Crippen LogP contribution in [-0.2, 0) is 0 Å². The Morgan fingerprint density at radius 2 is 2.14 bits per heavy atom. The topological polar surface area (TPSA) is 50.7 Å². The number of hydrogen-bond donors (Lipinski definition) is 2. The average molecular weight is 303 g/mol. The van der Waals surface area contributed by atoms with Crippen LogP contribution >= 0.6 is 0 Å². The minimum Gasteiger partial charge on any atom is -0.493 e. The summed E-state index contributed by atoms with van der Waals surface area (Å²) in [5.74, 6) is 1.54. The summed E-state index contributed by atoms with van der Waals surface area (Å²) in [6, 6.07) is 3.97. The molecule has 0 amide bonds. The van der Waals surface area contributed by atoms with E-state index in [1.165, 1.54) is 0 Å². The number of aryl methyl sites for hydroxylation is 1. The van der Waals surface area contributed by atoms with E-state index in [2.05, 4.69) is 31.2 Å². The van der Waals surface area contributed by atoms with Gasteiger partial charge < -0.3 is 19.9 Å². The van der Waals surface area contributed by atoms with E-state index in [1.54, 1.807) is 14.0 Å². The van der Waals surface area contributed by atoms with Crippen molar-refractivity contribution in [2.75, 3.05) is 20.7 Å². The van der Waals surface area contributed by atoms with Crippen molar-refractivity contribution >= 4 is 5.57 Å². The first-order chi connectivity index (χ1) is 10.6. The molecule has 0 radical (unpaired) electrons. The number of hydrogen-bond acceptors (Lipinski definition) is 4. The molecular weight excluding hydrogens is 278 g/mol. The van der Waals surface area contributed by atoms with Crippen LogP contribution in [0.3, 0.4) is 0 Å². The second-order valence-electron chi connectivity index (χ2n) is 5.20. The smallest absolute Gasteiger partial charge is 0.169 e. The molecule has 1 aliphatic rings. The highest BCUT2D eigenvalue weighted by Gasteiger charge is 2.33. The molecular formula is C18H25NO3. The average Bonchev–Trinajstić information content (AvgIpc) is 2.86. The lowest BCUT2D eigenvalue weighted by Gasteiger charge is -2.15. The predicted molar refractivity (Wildman–Crippen MR) is 90.2 cm³/mol. The molecule has 0 saturated carbocycles. The second-order valence-corrected chi connectivity index (χ2v) is 5.20. The fourth-order valence-electron chi connectivity index (χ4n) is 2.60. The molecule has 2 atom stereocenters. The number of benzene rings is 1. The molecule has 0 bridgehead atoms. The minimum atomic E-state index is -0.404. The van der Waals surface area contributed by atoms with Gasteiger partial charge in [-0.3, -0.25) is 0 Å². The SMILES string of the molecule is C#C.CNC/C=C1\c2c(C)ccc(OC)c2OC1CC(C)O. The van der Waals surface area contributed by atoms with Crippen LogP contribution in [0.15, 0.2) is 18.2 Å². The van der Waals surface area contributed by atoms with Gasteiger partial charge in [0.05, 0.1) is 13.2 Å². The summed E-state index contributed by atoms with van der Waals surface area (Å²) in [5.41, 5.74) is 3.40. The predicted octanol–water partition coefficient (Wildman–Crippen LogP) is 2.39. The highest BCUT2D eigenvalue weighted by molar-refractivity contribution is 5.81. The second kappa shape index (κ2) is 8.47. The lowest BCUT2D eigenvalue weighted by molar-refractivity contribution is 0.136. The van der Waals surface area contributed by atoms with Crippen LogP contribution in [0.5, 0.6) is 11.5 Å². The summed E-state index contributed by atoms with van der Waals surface area (Å²) in [7, 11) is 3.56. The van der Waals surface area contributed by atoms with Gasteiger partial charge in [-0.25, -0.2) is 0 Å². The van der Waals surface area contributed by atoms with Crippen molar-refractivity contribution in [1.82, 2.24) is 5.32 Å². The normalized spacial score (nSPS) is 18.9. The van der Waals surface area contributed by atoms with Crippen molar-refractivity contribution in [2.45, 2.75) is 32.5 Å². The van der Waals surface area contributed by atoms with Gasteiger partial charge in [0.15, 0.2) is 11.5 Å². The van der Waals surface area contributed by atoms with Crippen molar-refractivity contribution < 1.29 is 14.6 Å². The molecule has 1 heterocycles. The zero-order valence-electron chi connectivity index (χ0n) is 13.7. The van der Waals surface area contributed by atoms with Gasteiger partial charge >= 0.3 is 0 Å². The van der Waals surface area contributed by atoms with Crippen molar-refractivity contribution in [3.63, 3.8) is 0 Å². The number of rotatable bonds is 5. The maximum absolute atomic E-state index is 9.68. The summed E-state index contributed by atoms with van der Waals surface area (Å²) in [5, 5.41) is 12.8. The van der Waals surface area contributed by atoms with Crippen molar-refractivity contribution in [1.29, 1.82) is 0 Å². The molecule has 2 unspecified atom stereocenters. The van der Waals surface area contributed by atoms with Gasteiger partial charge in [0.1, 0.15) is 6.10 Å². The molecule has 1 aromatic rings. The Hall–Kier alpha value is -1.96. The van der Waals surface area contributed by atoms with Gasteiger partial charge in [-0.15, -0.1) is 12.8 Å². The Kier molecular flexibility index (Phi) is 6.97. The first-order valence-corrected chi connectivity index (χ1v) is 7.29. The molecule has 1 aliphatic heterocycles. The Balaban J connectivity index is 0.00000116. The van der Waals surface area contributed by atoms with Crippen LogP contribution in [0.4, 0.5) is 0 Å². The molecule has 1 aromatic carbocycles. The van der Waals surface area contributed by atoms with E-state index in [-0.39, 0.29) is 6.10 Å². The fourth-order valence-corrected chi connectivity index (χ4v) is 2.60. The van der Waals surface area contributed by atoms with Crippen LogP contribution in [0, 0.1) is 19.8 Å². The standard InChI is InChI=1S/C16H23NO3.C2H2/c1-10-5-6-13(19-4)16-15(10)12(7-8-17-3)14(20-16)9-11(2)18;1-2/h5-7,11,14,17-18H,8-9H2,1-4H3;1-2H/b12-7-;. The van der Waals surface area contributed by atoms with Crippen LogP contribution < -0.4 is 14.8 Å². The Morgan fingerprint density at radius 3 is 2.68 bits per heavy atom. The van der Waals surface area contributed by atoms with Gasteiger partial charge in [0.2, 0.25) is 0 Å². The van der Waals surface area contributed by atoms with E-state index >= 15 is 0 Å². The lowest BCUT2D eigenvalue weighted by atomic mass is 9.95. The van der Waals surface area contributed by atoms with E-state index in [9.17, 15) is 5.11 Å². The van der Waals surface area contributed by atoms with Crippen LogP contribution in [-0.4, -0.2) is 38.0 Å². The molecule has 0 aliphatic carbocycles. The molecule has 0 aromatic heterocycles. The van der Waals surface area contributed by atoms with Crippen LogP contribution in [0.2, 0.25) is 0 Å². The number of fused-ring (bicyclic) bond motifs is 1. The third-order valence-electron chi connectivity index (χ3n) is 3.53. The number of methoxy groups -OCH3 is 1. The molecule has 22 heavy (non-hydrogen) atoms. The quantitative estimate of drug-likeness (QED) is 0.820. The monoisotopic (exact) mass is 303 g/mol. The highest BCUT2D eigenvalue weighted by atomic mass is 16.5. The van der Waals surface area contributed by atoms with Crippen molar-refractivity contribution in [3.8, 4) is 24.3 Å². The Morgan fingerprint density at radius 1 is 1.45 bits per heavy atom. The van der Waals surface area contributed by atoms with Crippen molar-refractivity contribution in [2.24, 2.45) is 0 Å². The number of aliphatic hydroxyl groups is 1. The maximum Gasteiger partial charge on any atom is 0.169 e. The van der Waals surface area contributed by atoms with Gasteiger partial charge in [-0.1, -0.05) is 12.1 Å². The summed E-state index contributed by atoms with van der Waals surface area (Å²) >= 11 is 0. The maximum atomic E-state index is 9.68. The fraction of sp³-hybridized carbons (Fsp3) is 0.444. The molecule has 4 heteroatoms. The Bertz CT molecular complexity index is 547. The highest BCUT2D eigenvalue weighted by Crippen LogP contribution is 2.46. The first kappa shape index (κ1) is 18.1. The van der Waals surface area contributed by atoms with Gasteiger partial charge in [0.25, 0.3) is 0 Å². The van der Waals surface area contributed by atoms with Crippen LogP contribution in [0.1, 0.15) is 24.5 Å². The van der Waals surface area contributed by atoms with E-state index in [1.807, 2.05) is 19.2 Å². The summed E-state index contributed by atoms with van der Waals surface area (Å²) < 4.78 is 11.4. The van der Waals surface area contributed by atoms with Crippen molar-refractivity contribution in [3.05, 3.63) is 29.3 Å². The number of ether oxygens (including phenoxy) is 2. The number of aliphatic hydroxyl groups excluding tert-OH is 1. The number of nitrogens with one attached hydrogen (secondary N) is 1. The number of terminal acetylenes is 1. The summed E-state index contributed by atoms with van der Waals surface area (Å²) in [4.78, 5) is 0.